The molecule has 2 heterocycles. The maximum atomic E-state index is 13.1. The van der Waals surface area contributed by atoms with Crippen LogP contribution in [-0.2, 0) is 6.54 Å². The number of benzene rings is 2. The van der Waals surface area contributed by atoms with Gasteiger partial charge in [0, 0.05) is 32.6 Å². The zero-order valence-corrected chi connectivity index (χ0v) is 16.9. The molecule has 138 valence electrons. The normalized spacial score (nSPS) is 12.7. The van der Waals surface area contributed by atoms with E-state index in [1.165, 1.54) is 22.2 Å². The summed E-state index contributed by atoms with van der Waals surface area (Å²) in [5.41, 5.74) is 1.52. The van der Waals surface area contributed by atoms with Crippen molar-refractivity contribution in [2.45, 2.75) is 19.4 Å². The van der Waals surface area contributed by atoms with Crippen LogP contribution in [0.3, 0.4) is 0 Å². The summed E-state index contributed by atoms with van der Waals surface area (Å²) in [6.07, 6.45) is 1.52. The quantitative estimate of drug-likeness (QED) is 0.493. The standard InChI is InChI=1S/C20H17BrN2O3S/c1-11(9-24)14-3-2-4-15-17-19(27-18(14)15)22-10-23(20(17)26)8-12-7-13(21)5-6-16(12)25/h2-7,10-11,24-25H,8-9H2,1H3. The Morgan fingerprint density at radius 1 is 1.30 bits per heavy atom. The van der Waals surface area contributed by atoms with E-state index in [1.54, 1.807) is 18.2 Å². The monoisotopic (exact) mass is 444 g/mol. The number of nitrogens with zero attached hydrogens (tertiary/aromatic N) is 2. The predicted molar refractivity (Wildman–Crippen MR) is 112 cm³/mol. The number of fused-ring (bicyclic) bond motifs is 3. The smallest absolute Gasteiger partial charge is 0.263 e. The van der Waals surface area contributed by atoms with E-state index in [0.717, 1.165) is 20.1 Å². The maximum Gasteiger partial charge on any atom is 0.263 e. The van der Waals surface area contributed by atoms with E-state index >= 15 is 0 Å². The fourth-order valence-corrected chi connectivity index (χ4v) is 4.88. The Morgan fingerprint density at radius 2 is 2.11 bits per heavy atom. The van der Waals surface area contributed by atoms with Crippen molar-refractivity contribution in [3.63, 3.8) is 0 Å². The van der Waals surface area contributed by atoms with E-state index in [4.69, 9.17) is 0 Å². The van der Waals surface area contributed by atoms with Crippen LogP contribution in [0.15, 0.2) is 52.0 Å². The van der Waals surface area contributed by atoms with Gasteiger partial charge >= 0.3 is 0 Å². The van der Waals surface area contributed by atoms with E-state index in [0.29, 0.717) is 15.8 Å². The highest BCUT2D eigenvalue weighted by atomic mass is 79.9. The molecule has 4 aromatic rings. The second-order valence-corrected chi connectivity index (χ2v) is 8.46. The first-order valence-electron chi connectivity index (χ1n) is 8.48. The Bertz CT molecular complexity index is 1220. The van der Waals surface area contributed by atoms with Crippen LogP contribution >= 0.6 is 27.3 Å². The molecule has 0 bridgehead atoms. The maximum absolute atomic E-state index is 13.1. The first-order valence-corrected chi connectivity index (χ1v) is 10.1. The second kappa shape index (κ2) is 7.07. The molecular formula is C20H17BrN2O3S. The predicted octanol–water partition coefficient (Wildman–Crippen LogP) is 4.22. The Morgan fingerprint density at radius 3 is 2.89 bits per heavy atom. The molecule has 0 aliphatic carbocycles. The number of phenolic OH excluding ortho intramolecular Hbond substituents is 1. The summed E-state index contributed by atoms with van der Waals surface area (Å²) >= 11 is 4.86. The van der Waals surface area contributed by atoms with Gasteiger partial charge in [0.25, 0.3) is 5.56 Å². The van der Waals surface area contributed by atoms with Crippen LogP contribution in [0.1, 0.15) is 24.0 Å². The summed E-state index contributed by atoms with van der Waals surface area (Å²) in [7, 11) is 0. The third-order valence-electron chi connectivity index (χ3n) is 4.70. The lowest BCUT2D eigenvalue weighted by Gasteiger charge is -2.09. The molecule has 4 rings (SSSR count). The number of thiophene rings is 1. The summed E-state index contributed by atoms with van der Waals surface area (Å²) in [6.45, 7) is 2.24. The minimum Gasteiger partial charge on any atom is -0.508 e. The van der Waals surface area contributed by atoms with Gasteiger partial charge in [0.15, 0.2) is 0 Å². The fourth-order valence-electron chi connectivity index (χ4n) is 3.21. The van der Waals surface area contributed by atoms with Crippen molar-refractivity contribution < 1.29 is 10.2 Å². The number of rotatable bonds is 4. The number of hydrogen-bond donors (Lipinski definition) is 2. The average Bonchev–Trinajstić information content (AvgIpc) is 3.05. The van der Waals surface area contributed by atoms with Gasteiger partial charge < -0.3 is 10.2 Å². The van der Waals surface area contributed by atoms with Gasteiger partial charge in [-0.25, -0.2) is 4.98 Å². The van der Waals surface area contributed by atoms with Crippen LogP contribution in [0, 0.1) is 0 Å². The molecule has 0 aliphatic rings. The molecule has 0 amide bonds. The largest absolute Gasteiger partial charge is 0.508 e. The molecule has 0 radical (unpaired) electrons. The number of phenols is 1. The van der Waals surface area contributed by atoms with Gasteiger partial charge in [0.05, 0.1) is 18.3 Å². The van der Waals surface area contributed by atoms with Gasteiger partial charge in [-0.2, -0.15) is 0 Å². The van der Waals surface area contributed by atoms with Gasteiger partial charge in [0.1, 0.15) is 10.6 Å². The molecule has 2 aromatic carbocycles. The SMILES string of the molecule is CC(CO)c1cccc2c1sc1ncn(Cc3cc(Br)ccc3O)c(=O)c12. The Balaban J connectivity index is 1.90. The van der Waals surface area contributed by atoms with Gasteiger partial charge in [-0.1, -0.05) is 41.1 Å². The lowest BCUT2D eigenvalue weighted by atomic mass is 10.0. The summed E-state index contributed by atoms with van der Waals surface area (Å²) in [4.78, 5) is 18.3. The number of halogens is 1. The van der Waals surface area contributed by atoms with Gasteiger partial charge in [0.2, 0.25) is 0 Å². The zero-order chi connectivity index (χ0) is 19.1. The number of aromatic hydroxyl groups is 1. The van der Waals surface area contributed by atoms with Gasteiger partial charge in [-0.15, -0.1) is 11.3 Å². The summed E-state index contributed by atoms with van der Waals surface area (Å²) in [6, 6.07) is 11.0. The van der Waals surface area contributed by atoms with Gasteiger partial charge in [-0.3, -0.25) is 9.36 Å². The molecular weight excluding hydrogens is 428 g/mol. The molecule has 27 heavy (non-hydrogen) atoms. The molecule has 0 spiro atoms. The molecule has 1 unspecified atom stereocenters. The summed E-state index contributed by atoms with van der Waals surface area (Å²) in [5, 5.41) is 21.0. The van der Waals surface area contributed by atoms with Crippen LogP contribution in [-0.4, -0.2) is 26.4 Å². The van der Waals surface area contributed by atoms with E-state index in [1.807, 2.05) is 25.1 Å². The van der Waals surface area contributed by atoms with Crippen LogP contribution < -0.4 is 5.56 Å². The molecule has 0 fully saturated rings. The van der Waals surface area contributed by atoms with E-state index in [2.05, 4.69) is 20.9 Å². The molecule has 5 nitrogen and oxygen atoms in total. The first kappa shape index (κ1) is 18.2. The third kappa shape index (κ3) is 3.16. The first-order chi connectivity index (χ1) is 13.0. The Labute approximate surface area is 167 Å². The van der Waals surface area contributed by atoms with Crippen LogP contribution in [0.25, 0.3) is 20.3 Å². The topological polar surface area (TPSA) is 75.3 Å². The average molecular weight is 445 g/mol. The van der Waals surface area contributed by atoms with Crippen molar-refractivity contribution in [1.82, 2.24) is 9.55 Å². The fraction of sp³-hybridized carbons (Fsp3) is 0.200. The Hall–Kier alpha value is -2.22. The van der Waals surface area contributed by atoms with Crippen LogP contribution in [0.5, 0.6) is 5.75 Å². The van der Waals surface area contributed by atoms with Crippen LogP contribution in [0.4, 0.5) is 0 Å². The molecule has 0 saturated carbocycles. The number of hydrogen-bond acceptors (Lipinski definition) is 5. The molecule has 1 atom stereocenters. The minimum atomic E-state index is -0.139. The Kier molecular flexibility index (Phi) is 4.75. The van der Waals surface area contributed by atoms with E-state index in [9.17, 15) is 15.0 Å². The highest BCUT2D eigenvalue weighted by molar-refractivity contribution is 9.10. The van der Waals surface area contributed by atoms with E-state index < -0.39 is 0 Å². The van der Waals surface area contributed by atoms with Gasteiger partial charge in [-0.05, 0) is 23.8 Å². The third-order valence-corrected chi connectivity index (χ3v) is 6.36. The van der Waals surface area contributed by atoms with Crippen molar-refractivity contribution in [3.8, 4) is 5.75 Å². The molecule has 2 aromatic heterocycles. The van der Waals surface area contributed by atoms with Crippen molar-refractivity contribution in [3.05, 3.63) is 68.7 Å². The number of aromatic nitrogens is 2. The lowest BCUT2D eigenvalue weighted by molar-refractivity contribution is 0.274. The molecule has 7 heteroatoms. The zero-order valence-electron chi connectivity index (χ0n) is 14.5. The number of aliphatic hydroxyl groups excluding tert-OH is 1. The van der Waals surface area contributed by atoms with Crippen molar-refractivity contribution >= 4 is 47.6 Å². The minimum absolute atomic E-state index is 0.0115. The second-order valence-electron chi connectivity index (χ2n) is 6.54. The highest BCUT2D eigenvalue weighted by Gasteiger charge is 2.17. The van der Waals surface area contributed by atoms with E-state index in [-0.39, 0.29) is 30.4 Å². The van der Waals surface area contributed by atoms with Crippen molar-refractivity contribution in [2.75, 3.05) is 6.61 Å². The molecule has 2 N–H and O–H groups in total. The molecule has 0 saturated heterocycles. The number of aliphatic hydroxyl groups is 1. The van der Waals surface area contributed by atoms with Crippen molar-refractivity contribution in [1.29, 1.82) is 0 Å². The highest BCUT2D eigenvalue weighted by Crippen LogP contribution is 2.35. The van der Waals surface area contributed by atoms with Crippen LogP contribution in [0.2, 0.25) is 0 Å². The summed E-state index contributed by atoms with van der Waals surface area (Å²) < 4.78 is 3.33. The lowest BCUT2D eigenvalue weighted by Crippen LogP contribution is -2.20. The van der Waals surface area contributed by atoms with Crippen molar-refractivity contribution in [2.24, 2.45) is 0 Å². The molecule has 0 aliphatic heterocycles. The summed E-state index contributed by atoms with van der Waals surface area (Å²) in [5.74, 6) is 0.127.